The lowest BCUT2D eigenvalue weighted by atomic mass is 9.74. The van der Waals surface area contributed by atoms with Gasteiger partial charge in [0, 0.05) is 50.9 Å². The van der Waals surface area contributed by atoms with Crippen molar-refractivity contribution in [2.45, 2.75) is 32.0 Å². The van der Waals surface area contributed by atoms with E-state index in [0.717, 1.165) is 38.0 Å². The van der Waals surface area contributed by atoms with Crippen molar-refractivity contribution in [2.75, 3.05) is 40.3 Å². The van der Waals surface area contributed by atoms with E-state index in [-0.39, 0.29) is 17.7 Å². The van der Waals surface area contributed by atoms with E-state index in [0.29, 0.717) is 18.4 Å². The van der Waals surface area contributed by atoms with E-state index in [1.807, 2.05) is 13.0 Å². The van der Waals surface area contributed by atoms with Crippen molar-refractivity contribution >= 4 is 0 Å². The van der Waals surface area contributed by atoms with E-state index < -0.39 is 23.2 Å². The average Bonchev–Trinajstić information content (AvgIpc) is 3.02. The summed E-state index contributed by atoms with van der Waals surface area (Å²) in [7, 11) is 3.85. The third-order valence-electron chi connectivity index (χ3n) is 7.28. The first kappa shape index (κ1) is 22.0. The van der Waals surface area contributed by atoms with Crippen molar-refractivity contribution in [1.29, 1.82) is 0 Å². The molecule has 0 saturated carbocycles. The molecule has 0 aromatic carbocycles. The number of hydrogen-bond acceptors (Lipinski definition) is 3. The van der Waals surface area contributed by atoms with Crippen molar-refractivity contribution in [2.24, 2.45) is 11.3 Å². The predicted octanol–water partition coefficient (Wildman–Crippen LogP) is 4.90. The van der Waals surface area contributed by atoms with Crippen molar-refractivity contribution in [3.8, 4) is 0 Å². The van der Waals surface area contributed by atoms with E-state index in [9.17, 15) is 4.39 Å². The summed E-state index contributed by atoms with van der Waals surface area (Å²) in [5.41, 5.74) is 0.319. The van der Waals surface area contributed by atoms with E-state index in [1.54, 1.807) is 11.9 Å². The maximum atomic E-state index is 15.5. The number of rotatable bonds is 4. The number of hydrogen-bond donors (Lipinski definition) is 0. The highest BCUT2D eigenvalue weighted by Gasteiger charge is 2.52. The number of piperazine rings is 1. The van der Waals surface area contributed by atoms with Crippen LogP contribution in [0.15, 0.2) is 71.7 Å². The van der Waals surface area contributed by atoms with Gasteiger partial charge in [0.1, 0.15) is 17.8 Å². The lowest BCUT2D eigenvalue weighted by molar-refractivity contribution is 0.189. The number of likely N-dealkylation sites (N-methyl/N-ethyl adjacent to an activating group) is 1. The van der Waals surface area contributed by atoms with Gasteiger partial charge in [0.15, 0.2) is 0 Å². The van der Waals surface area contributed by atoms with Crippen molar-refractivity contribution in [3.63, 3.8) is 0 Å². The fourth-order valence-electron chi connectivity index (χ4n) is 5.21. The standard InChI is InChI=1S/C25H32F3N3/c1-17-15-25(23(28)9-8-21(26)24(25)30(17)4)16-22(27)18(2)19-6-5-7-20(14-19)31-12-10-29(3)11-13-31/h5,7-9,14,16-17,19,23H,2,6,10-13,15H2,1,3-4H3. The van der Waals surface area contributed by atoms with Crippen LogP contribution < -0.4 is 0 Å². The first-order valence-electron chi connectivity index (χ1n) is 11.1. The number of likely N-dealkylation sites (tertiary alicyclic amines) is 1. The molecule has 4 rings (SSSR count). The highest BCUT2D eigenvalue weighted by Crippen LogP contribution is 2.53. The molecule has 4 atom stereocenters. The Hall–Kier alpha value is -2.21. The van der Waals surface area contributed by atoms with Crippen LogP contribution in [0.3, 0.4) is 0 Å². The molecule has 6 heteroatoms. The van der Waals surface area contributed by atoms with Gasteiger partial charge in [-0.15, -0.1) is 0 Å². The van der Waals surface area contributed by atoms with Crippen LogP contribution in [0.4, 0.5) is 13.2 Å². The largest absolute Gasteiger partial charge is 0.372 e. The lowest BCUT2D eigenvalue weighted by Crippen LogP contribution is -2.43. The van der Waals surface area contributed by atoms with Crippen LogP contribution in [-0.4, -0.2) is 67.2 Å². The average molecular weight is 432 g/mol. The third-order valence-corrected chi connectivity index (χ3v) is 7.28. The van der Waals surface area contributed by atoms with Gasteiger partial charge < -0.3 is 14.7 Å². The third kappa shape index (κ3) is 3.91. The zero-order valence-corrected chi connectivity index (χ0v) is 18.6. The van der Waals surface area contributed by atoms with Gasteiger partial charge in [-0.1, -0.05) is 18.7 Å². The van der Waals surface area contributed by atoms with Gasteiger partial charge in [-0.05, 0) is 56.7 Å². The summed E-state index contributed by atoms with van der Waals surface area (Å²) in [6.45, 7) is 9.77. The minimum Gasteiger partial charge on any atom is -0.372 e. The van der Waals surface area contributed by atoms with Gasteiger partial charge in [0.25, 0.3) is 0 Å². The van der Waals surface area contributed by atoms with Crippen LogP contribution in [0.2, 0.25) is 0 Å². The molecule has 2 aliphatic heterocycles. The SMILES string of the molecule is C=C(C(F)=CC12CC(C)N(C)C1=C(F)C=CC2F)C1C=C(N2CCN(C)CC2)C=CC1. The van der Waals surface area contributed by atoms with Crippen LogP contribution in [0.25, 0.3) is 0 Å². The molecular weight excluding hydrogens is 399 g/mol. The molecule has 168 valence electrons. The van der Waals surface area contributed by atoms with E-state index in [1.165, 1.54) is 12.2 Å². The van der Waals surface area contributed by atoms with Crippen molar-refractivity contribution in [3.05, 3.63) is 71.7 Å². The molecule has 2 fully saturated rings. The molecule has 4 aliphatic rings. The Morgan fingerprint density at radius 3 is 2.61 bits per heavy atom. The summed E-state index contributed by atoms with van der Waals surface area (Å²) >= 11 is 0. The monoisotopic (exact) mass is 431 g/mol. The smallest absolute Gasteiger partial charge is 0.143 e. The van der Waals surface area contributed by atoms with Crippen molar-refractivity contribution in [1.82, 2.24) is 14.7 Å². The fraction of sp³-hybridized carbons (Fsp3) is 0.520. The van der Waals surface area contributed by atoms with Crippen LogP contribution in [0, 0.1) is 11.3 Å². The van der Waals surface area contributed by atoms with Crippen LogP contribution in [-0.2, 0) is 0 Å². The molecule has 2 saturated heterocycles. The van der Waals surface area contributed by atoms with Crippen molar-refractivity contribution < 1.29 is 13.2 Å². The number of alkyl halides is 1. The molecule has 0 aromatic rings. The van der Waals surface area contributed by atoms with E-state index in [2.05, 4.69) is 35.6 Å². The molecular formula is C25H32F3N3. The Kier molecular flexibility index (Phi) is 5.95. The molecule has 0 spiro atoms. The summed E-state index contributed by atoms with van der Waals surface area (Å²) in [6.07, 6.45) is 9.34. The molecule has 2 heterocycles. The van der Waals surface area contributed by atoms with Gasteiger partial charge in [-0.2, -0.15) is 0 Å². The van der Waals surface area contributed by atoms with Gasteiger partial charge >= 0.3 is 0 Å². The molecule has 0 radical (unpaired) electrons. The second-order valence-corrected chi connectivity index (χ2v) is 9.31. The number of halogens is 3. The molecule has 31 heavy (non-hydrogen) atoms. The predicted molar refractivity (Wildman–Crippen MR) is 119 cm³/mol. The summed E-state index contributed by atoms with van der Waals surface area (Å²) in [6, 6.07) is -0.0856. The molecule has 3 nitrogen and oxygen atoms in total. The maximum absolute atomic E-state index is 15.5. The highest BCUT2D eigenvalue weighted by molar-refractivity contribution is 5.44. The minimum atomic E-state index is -1.48. The normalized spacial score (nSPS) is 34.3. The minimum absolute atomic E-state index is 0.0856. The van der Waals surface area contributed by atoms with Crippen LogP contribution in [0.1, 0.15) is 19.8 Å². The number of nitrogens with zero attached hydrogens (tertiary/aromatic N) is 3. The molecule has 0 amide bonds. The Labute approximate surface area is 183 Å². The maximum Gasteiger partial charge on any atom is 0.143 e. The Morgan fingerprint density at radius 2 is 1.90 bits per heavy atom. The first-order chi connectivity index (χ1) is 14.7. The van der Waals surface area contributed by atoms with Gasteiger partial charge in [0.05, 0.1) is 11.1 Å². The highest BCUT2D eigenvalue weighted by atomic mass is 19.1. The van der Waals surface area contributed by atoms with Gasteiger partial charge in [0.2, 0.25) is 0 Å². The van der Waals surface area contributed by atoms with Crippen LogP contribution >= 0.6 is 0 Å². The van der Waals surface area contributed by atoms with Gasteiger partial charge in [-0.3, -0.25) is 0 Å². The molecule has 2 aliphatic carbocycles. The van der Waals surface area contributed by atoms with Gasteiger partial charge in [-0.25, -0.2) is 13.2 Å². The van der Waals surface area contributed by atoms with E-state index >= 15 is 8.78 Å². The zero-order valence-electron chi connectivity index (χ0n) is 18.6. The molecule has 4 unspecified atom stereocenters. The molecule has 0 N–H and O–H groups in total. The summed E-state index contributed by atoms with van der Waals surface area (Å²) in [5, 5.41) is 0. The number of fused-ring (bicyclic) bond motifs is 1. The summed E-state index contributed by atoms with van der Waals surface area (Å²) in [5.74, 6) is -1.23. The summed E-state index contributed by atoms with van der Waals surface area (Å²) in [4.78, 5) is 6.33. The van der Waals surface area contributed by atoms with Crippen LogP contribution in [0.5, 0.6) is 0 Å². The second kappa shape index (κ2) is 8.38. The van der Waals surface area contributed by atoms with E-state index in [4.69, 9.17) is 0 Å². The second-order valence-electron chi connectivity index (χ2n) is 9.31. The quantitative estimate of drug-likeness (QED) is 0.586. The molecule has 0 aromatic heterocycles. The molecule has 0 bridgehead atoms. The Balaban J connectivity index is 1.59. The zero-order chi connectivity index (χ0) is 22.3. The summed E-state index contributed by atoms with van der Waals surface area (Å²) < 4.78 is 45.3. The number of allylic oxidation sites excluding steroid dienone is 9. The Bertz CT molecular complexity index is 892. The fourth-order valence-corrected chi connectivity index (χ4v) is 5.21. The Morgan fingerprint density at radius 1 is 1.19 bits per heavy atom. The topological polar surface area (TPSA) is 9.72 Å². The first-order valence-corrected chi connectivity index (χ1v) is 11.1. The lowest BCUT2D eigenvalue weighted by Gasteiger charge is -2.36.